The molecule has 1 aromatic carbocycles. The molecular weight excluding hydrogens is 430 g/mol. The van der Waals surface area contributed by atoms with E-state index in [1.54, 1.807) is 0 Å². The van der Waals surface area contributed by atoms with Gasteiger partial charge in [-0.05, 0) is 12.5 Å². The predicted molar refractivity (Wildman–Crippen MR) is 111 cm³/mol. The van der Waals surface area contributed by atoms with Crippen LogP contribution in [-0.2, 0) is 28.6 Å². The van der Waals surface area contributed by atoms with E-state index >= 15 is 0 Å². The molecule has 1 aliphatic heterocycles. The highest BCUT2D eigenvalue weighted by Crippen LogP contribution is 2.57. The first-order valence-electron chi connectivity index (χ1n) is 8.99. The second kappa shape index (κ2) is 8.65. The fourth-order valence-corrected chi connectivity index (χ4v) is 6.35. The second-order valence-electron chi connectivity index (χ2n) is 6.83. The van der Waals surface area contributed by atoms with Crippen molar-refractivity contribution >= 4 is 41.0 Å². The molecule has 2 aromatic rings. The highest BCUT2D eigenvalue weighted by atomic mass is 32.2. The fourth-order valence-electron chi connectivity index (χ4n) is 3.69. The Balaban J connectivity index is 2.33. The Morgan fingerprint density at radius 2 is 1.73 bits per heavy atom. The molecule has 30 heavy (non-hydrogen) atoms. The number of aromatic amines is 1. The SMILES string of the molecule is COC(=O)C[C@@]1(C(=O)OC)Sc2[nH]c(=O)sc2[C@H](c2ccc(C)cc2)[C@H]1C(=O)OC. The number of aromatic nitrogens is 1. The van der Waals surface area contributed by atoms with E-state index in [4.69, 9.17) is 14.2 Å². The molecule has 3 rings (SSSR count). The number of H-pyrrole nitrogens is 1. The van der Waals surface area contributed by atoms with Gasteiger partial charge in [-0.2, -0.15) is 0 Å². The highest BCUT2D eigenvalue weighted by Gasteiger charge is 2.61. The van der Waals surface area contributed by atoms with Gasteiger partial charge in [-0.25, -0.2) is 0 Å². The third kappa shape index (κ3) is 3.77. The average Bonchev–Trinajstić information content (AvgIpc) is 3.11. The number of ether oxygens (including phenoxy) is 3. The Labute approximate surface area is 180 Å². The smallest absolute Gasteiger partial charge is 0.323 e. The first-order chi connectivity index (χ1) is 14.3. The van der Waals surface area contributed by atoms with E-state index in [0.29, 0.717) is 15.5 Å². The van der Waals surface area contributed by atoms with E-state index in [9.17, 15) is 19.2 Å². The van der Waals surface area contributed by atoms with Gasteiger partial charge in [0.1, 0.15) is 4.75 Å². The molecule has 0 bridgehead atoms. The van der Waals surface area contributed by atoms with Crippen LogP contribution in [0, 0.1) is 12.8 Å². The highest BCUT2D eigenvalue weighted by molar-refractivity contribution is 8.01. The Kier molecular flexibility index (Phi) is 6.37. The van der Waals surface area contributed by atoms with E-state index < -0.39 is 40.9 Å². The van der Waals surface area contributed by atoms with Crippen LogP contribution >= 0.6 is 23.1 Å². The van der Waals surface area contributed by atoms with Crippen LogP contribution in [0.3, 0.4) is 0 Å². The molecule has 0 saturated heterocycles. The maximum absolute atomic E-state index is 13.1. The number of carbonyl (C=O) groups excluding carboxylic acids is 3. The zero-order valence-electron chi connectivity index (χ0n) is 16.8. The normalized spacial score (nSPS) is 22.7. The number of methoxy groups -OCH3 is 3. The Morgan fingerprint density at radius 1 is 1.07 bits per heavy atom. The quantitative estimate of drug-likeness (QED) is 0.544. The molecule has 0 fully saturated rings. The van der Waals surface area contributed by atoms with Crippen molar-refractivity contribution in [2.45, 2.75) is 29.0 Å². The number of carbonyl (C=O) groups is 3. The van der Waals surface area contributed by atoms with Gasteiger partial charge in [0.25, 0.3) is 0 Å². The Bertz CT molecular complexity index is 1030. The average molecular weight is 452 g/mol. The zero-order chi connectivity index (χ0) is 22.1. The lowest BCUT2D eigenvalue weighted by molar-refractivity contribution is -0.159. The van der Waals surface area contributed by atoms with E-state index in [0.717, 1.165) is 28.7 Å². The number of hydrogen-bond donors (Lipinski definition) is 1. The van der Waals surface area contributed by atoms with Crippen LogP contribution in [0.4, 0.5) is 0 Å². The third-order valence-electron chi connectivity index (χ3n) is 5.10. The van der Waals surface area contributed by atoms with Gasteiger partial charge >= 0.3 is 22.8 Å². The molecule has 0 spiro atoms. The van der Waals surface area contributed by atoms with Crippen molar-refractivity contribution in [3.05, 3.63) is 49.9 Å². The predicted octanol–water partition coefficient (Wildman–Crippen LogP) is 2.25. The van der Waals surface area contributed by atoms with Crippen LogP contribution < -0.4 is 4.87 Å². The van der Waals surface area contributed by atoms with E-state index in [1.807, 2.05) is 31.2 Å². The lowest BCUT2D eigenvalue weighted by Crippen LogP contribution is -2.53. The number of rotatable bonds is 5. The number of aryl methyl sites for hydroxylation is 1. The van der Waals surface area contributed by atoms with Crippen LogP contribution in [0.15, 0.2) is 34.1 Å². The summed E-state index contributed by atoms with van der Waals surface area (Å²) in [6.07, 6.45) is -0.430. The lowest BCUT2D eigenvalue weighted by Gasteiger charge is -2.42. The van der Waals surface area contributed by atoms with Gasteiger partial charge in [0.2, 0.25) is 0 Å². The van der Waals surface area contributed by atoms with Crippen LogP contribution in [-0.4, -0.2) is 49.0 Å². The van der Waals surface area contributed by atoms with Crippen LogP contribution in [0.2, 0.25) is 0 Å². The maximum Gasteiger partial charge on any atom is 0.323 e. The minimum Gasteiger partial charge on any atom is -0.469 e. The van der Waals surface area contributed by atoms with E-state index in [2.05, 4.69) is 4.98 Å². The molecule has 160 valence electrons. The van der Waals surface area contributed by atoms with Crippen molar-refractivity contribution in [3.63, 3.8) is 0 Å². The molecule has 0 saturated carbocycles. The summed E-state index contributed by atoms with van der Waals surface area (Å²) in [7, 11) is 3.60. The number of hydrogen-bond acceptors (Lipinski definition) is 9. The first kappa shape index (κ1) is 22.1. The fraction of sp³-hybridized carbons (Fsp3) is 0.400. The Hall–Kier alpha value is -2.59. The standard InChI is InChI=1S/C20H21NO7S2/c1-10-5-7-11(8-6-10)13-14(17(23)27-3)20(18(24)28-4,9-12(22)26-2)30-16-15(13)29-19(25)21-16/h5-8,13-14H,9H2,1-4H3,(H,21,25)/t13-,14+,20-/m1/s1. The molecule has 8 nitrogen and oxygen atoms in total. The van der Waals surface area contributed by atoms with Crippen molar-refractivity contribution in [1.29, 1.82) is 0 Å². The molecule has 0 radical (unpaired) electrons. The summed E-state index contributed by atoms with van der Waals surface area (Å²) in [6, 6.07) is 7.42. The van der Waals surface area contributed by atoms with Gasteiger partial charge in [-0.15, -0.1) is 0 Å². The largest absolute Gasteiger partial charge is 0.469 e. The van der Waals surface area contributed by atoms with Crippen molar-refractivity contribution < 1.29 is 28.6 Å². The molecule has 0 unspecified atom stereocenters. The van der Waals surface area contributed by atoms with E-state index in [-0.39, 0.29) is 4.87 Å². The molecule has 1 aliphatic rings. The summed E-state index contributed by atoms with van der Waals surface area (Å²) in [5, 5.41) is 0.421. The molecule has 0 amide bonds. The Morgan fingerprint density at radius 3 is 2.30 bits per heavy atom. The minimum atomic E-state index is -1.68. The number of thiazole rings is 1. The van der Waals surface area contributed by atoms with Gasteiger partial charge in [-0.3, -0.25) is 19.2 Å². The van der Waals surface area contributed by atoms with Crippen LogP contribution in [0.5, 0.6) is 0 Å². The summed E-state index contributed by atoms with van der Waals surface area (Å²) in [6.45, 7) is 1.92. The van der Waals surface area contributed by atoms with Gasteiger partial charge in [0.05, 0.1) is 38.7 Å². The van der Waals surface area contributed by atoms with Gasteiger partial charge in [0, 0.05) is 10.8 Å². The molecule has 2 heterocycles. The molecule has 10 heteroatoms. The second-order valence-corrected chi connectivity index (χ2v) is 9.19. The summed E-state index contributed by atoms with van der Waals surface area (Å²) in [5.41, 5.74) is 1.72. The van der Waals surface area contributed by atoms with E-state index in [1.165, 1.54) is 21.3 Å². The lowest BCUT2D eigenvalue weighted by atomic mass is 9.74. The van der Waals surface area contributed by atoms with Crippen molar-refractivity contribution in [2.24, 2.45) is 5.92 Å². The van der Waals surface area contributed by atoms with Crippen molar-refractivity contribution in [1.82, 2.24) is 4.98 Å². The number of fused-ring (bicyclic) bond motifs is 1. The molecule has 1 N–H and O–H groups in total. The number of esters is 3. The molecular formula is C20H21NO7S2. The van der Waals surface area contributed by atoms with Gasteiger partial charge in [0.15, 0.2) is 0 Å². The van der Waals surface area contributed by atoms with Crippen LogP contribution in [0.25, 0.3) is 0 Å². The first-order valence-corrected chi connectivity index (χ1v) is 10.6. The maximum atomic E-state index is 13.1. The van der Waals surface area contributed by atoms with Gasteiger partial charge in [-0.1, -0.05) is 52.9 Å². The molecule has 1 aromatic heterocycles. The summed E-state index contributed by atoms with van der Waals surface area (Å²) >= 11 is 1.90. The zero-order valence-corrected chi connectivity index (χ0v) is 18.5. The third-order valence-corrected chi connectivity index (χ3v) is 7.65. The number of thioether (sulfide) groups is 1. The summed E-state index contributed by atoms with van der Waals surface area (Å²) in [5.74, 6) is -3.97. The van der Waals surface area contributed by atoms with Gasteiger partial charge < -0.3 is 19.2 Å². The van der Waals surface area contributed by atoms with Crippen molar-refractivity contribution in [2.75, 3.05) is 21.3 Å². The molecule has 3 atom stereocenters. The number of nitrogens with one attached hydrogen (secondary N) is 1. The monoisotopic (exact) mass is 451 g/mol. The summed E-state index contributed by atoms with van der Waals surface area (Å²) < 4.78 is 13.2. The summed E-state index contributed by atoms with van der Waals surface area (Å²) in [4.78, 5) is 53.6. The minimum absolute atomic E-state index is 0.327. The van der Waals surface area contributed by atoms with Crippen molar-refractivity contribution in [3.8, 4) is 0 Å². The molecule has 0 aliphatic carbocycles. The topological polar surface area (TPSA) is 112 Å². The van der Waals surface area contributed by atoms with Crippen LogP contribution in [0.1, 0.15) is 28.3 Å². The number of benzene rings is 1.